The average molecular weight is 475 g/mol. The maximum absolute atomic E-state index is 13.3. The molecule has 0 fully saturated rings. The van der Waals surface area contributed by atoms with Crippen LogP contribution in [0.1, 0.15) is 0 Å². The quantitative estimate of drug-likeness (QED) is 0.289. The lowest BCUT2D eigenvalue weighted by atomic mass is 10.1. The second-order valence-corrected chi connectivity index (χ2v) is 9.37. The lowest BCUT2D eigenvalue weighted by molar-refractivity contribution is 0.477. The molecule has 5 rings (SSSR count). The molecule has 0 amide bonds. The smallest absolute Gasteiger partial charge is 0.263 e. The number of nitrogens with zero attached hydrogens (tertiary/aromatic N) is 3. The van der Waals surface area contributed by atoms with Crippen LogP contribution in [0.2, 0.25) is 0 Å². The van der Waals surface area contributed by atoms with Crippen molar-refractivity contribution in [1.82, 2.24) is 4.57 Å². The highest BCUT2D eigenvalue weighted by Gasteiger charge is 2.22. The number of hydrogen-bond acceptors (Lipinski definition) is 5. The second kappa shape index (κ2) is 8.27. The van der Waals surface area contributed by atoms with Gasteiger partial charge in [-0.3, -0.25) is 4.72 Å². The number of phenolic OH excluding ortho intramolecular Hbond substituents is 1. The Kier molecular flexibility index (Phi) is 5.25. The number of para-hydroxylation sites is 1. The zero-order chi connectivity index (χ0) is 23.9. The minimum atomic E-state index is -4.04. The van der Waals surface area contributed by atoms with Crippen LogP contribution in [0.5, 0.6) is 5.75 Å². The molecule has 0 aliphatic carbocycles. The van der Waals surface area contributed by atoms with Crippen molar-refractivity contribution < 1.29 is 17.9 Å². The Hall–Kier alpha value is -4.24. The van der Waals surface area contributed by atoms with Crippen LogP contribution in [-0.4, -0.2) is 18.1 Å². The van der Waals surface area contributed by atoms with Crippen molar-refractivity contribution in [3.8, 4) is 5.75 Å². The van der Waals surface area contributed by atoms with Crippen LogP contribution in [0.4, 0.5) is 21.6 Å². The van der Waals surface area contributed by atoms with Gasteiger partial charge in [-0.25, -0.2) is 12.8 Å². The van der Waals surface area contributed by atoms with Crippen LogP contribution in [0, 0.1) is 5.82 Å². The number of phenols is 1. The third-order valence-electron chi connectivity index (χ3n) is 5.56. The van der Waals surface area contributed by atoms with Gasteiger partial charge in [0.2, 0.25) is 0 Å². The van der Waals surface area contributed by atoms with E-state index in [2.05, 4.69) is 15.0 Å². The molecule has 2 N–H and O–H groups in total. The first-order valence-electron chi connectivity index (χ1n) is 10.3. The highest BCUT2D eigenvalue weighted by atomic mass is 32.2. The van der Waals surface area contributed by atoms with E-state index >= 15 is 0 Å². The van der Waals surface area contributed by atoms with Gasteiger partial charge < -0.3 is 9.67 Å². The summed E-state index contributed by atoms with van der Waals surface area (Å²) in [6.45, 7) is 0. The first kappa shape index (κ1) is 21.6. The molecule has 0 saturated carbocycles. The topological polar surface area (TPSA) is 96.0 Å². The highest BCUT2D eigenvalue weighted by Crippen LogP contribution is 2.41. The largest absolute Gasteiger partial charge is 0.506 e. The monoisotopic (exact) mass is 474 g/mol. The Morgan fingerprint density at radius 2 is 1.47 bits per heavy atom. The number of hydrogen-bond donors (Lipinski definition) is 2. The van der Waals surface area contributed by atoms with Gasteiger partial charge in [0.25, 0.3) is 10.0 Å². The van der Waals surface area contributed by atoms with Crippen LogP contribution < -0.4 is 4.72 Å². The SMILES string of the molecule is Cn1c(NS(=O)(=O)c2ccc(F)cc2)c(N=Nc2c(O)ccc3ccccc23)c2ccccc21. The molecule has 7 nitrogen and oxygen atoms in total. The number of anilines is 1. The molecule has 0 unspecified atom stereocenters. The third-order valence-corrected chi connectivity index (χ3v) is 6.92. The number of nitrogens with one attached hydrogen (secondary N) is 1. The summed E-state index contributed by atoms with van der Waals surface area (Å²) in [5, 5.41) is 21.4. The second-order valence-electron chi connectivity index (χ2n) is 7.69. The summed E-state index contributed by atoms with van der Waals surface area (Å²) in [5.74, 6) is -0.391. The molecule has 0 aliphatic heterocycles. The first-order valence-corrected chi connectivity index (χ1v) is 11.8. The normalized spacial score (nSPS) is 12.1. The van der Waals surface area contributed by atoms with Gasteiger partial charge in [0.15, 0.2) is 0 Å². The molecular formula is C25H19FN4O3S. The van der Waals surface area contributed by atoms with E-state index in [0.29, 0.717) is 10.8 Å². The standard InChI is InChI=1S/C25H19FN4O3S/c1-30-21-9-5-4-8-20(21)24(25(30)29-34(32,33)18-13-11-17(26)12-14-18)28-27-23-19-7-3-2-6-16(19)10-15-22(23)31/h2-15,29,31H,1H3. The Bertz CT molecular complexity index is 1680. The van der Waals surface area contributed by atoms with Crippen LogP contribution in [0.15, 0.2) is 100 Å². The molecule has 0 atom stereocenters. The van der Waals surface area contributed by atoms with Gasteiger partial charge >= 0.3 is 0 Å². The molecule has 1 aromatic heterocycles. The van der Waals surface area contributed by atoms with E-state index < -0.39 is 15.8 Å². The lowest BCUT2D eigenvalue weighted by Crippen LogP contribution is -2.15. The van der Waals surface area contributed by atoms with Gasteiger partial charge in [-0.1, -0.05) is 48.5 Å². The molecule has 0 aliphatic rings. The molecule has 0 saturated heterocycles. The van der Waals surface area contributed by atoms with E-state index in [1.807, 2.05) is 48.5 Å². The molecule has 34 heavy (non-hydrogen) atoms. The van der Waals surface area contributed by atoms with Crippen LogP contribution in [0.3, 0.4) is 0 Å². The first-order chi connectivity index (χ1) is 16.3. The Balaban J connectivity index is 1.66. The van der Waals surface area contributed by atoms with Gasteiger partial charge in [0, 0.05) is 17.8 Å². The molecule has 0 radical (unpaired) electrons. The summed E-state index contributed by atoms with van der Waals surface area (Å²) >= 11 is 0. The minimum Gasteiger partial charge on any atom is -0.506 e. The van der Waals surface area contributed by atoms with Gasteiger partial charge in [0.05, 0.1) is 10.4 Å². The Morgan fingerprint density at radius 3 is 2.24 bits per heavy atom. The van der Waals surface area contributed by atoms with Crippen LogP contribution in [0.25, 0.3) is 21.7 Å². The van der Waals surface area contributed by atoms with E-state index in [4.69, 9.17) is 0 Å². The molecule has 0 bridgehead atoms. The average Bonchev–Trinajstić information content (AvgIpc) is 3.09. The maximum Gasteiger partial charge on any atom is 0.263 e. The van der Waals surface area contributed by atoms with E-state index in [1.165, 1.54) is 18.2 Å². The number of aromatic nitrogens is 1. The predicted octanol–water partition coefficient (Wildman–Crippen LogP) is 6.39. The number of aromatic hydroxyl groups is 1. The summed E-state index contributed by atoms with van der Waals surface area (Å²) in [7, 11) is -2.33. The Labute approximate surface area is 194 Å². The van der Waals surface area contributed by atoms with Crippen molar-refractivity contribution in [2.45, 2.75) is 4.90 Å². The van der Waals surface area contributed by atoms with Gasteiger partial charge in [-0.15, -0.1) is 10.2 Å². The molecule has 0 spiro atoms. The number of aryl methyl sites for hydroxylation is 1. The van der Waals surface area contributed by atoms with Crippen molar-refractivity contribution in [1.29, 1.82) is 0 Å². The number of rotatable bonds is 5. The number of fused-ring (bicyclic) bond motifs is 2. The van der Waals surface area contributed by atoms with Crippen molar-refractivity contribution in [3.63, 3.8) is 0 Å². The summed E-state index contributed by atoms with van der Waals surface area (Å²) in [4.78, 5) is -0.0891. The van der Waals surface area contributed by atoms with Gasteiger partial charge in [-0.2, -0.15) is 0 Å². The summed E-state index contributed by atoms with van der Waals surface area (Å²) in [6, 6.07) is 22.6. The fourth-order valence-corrected chi connectivity index (χ4v) is 4.94. The van der Waals surface area contributed by atoms with Crippen molar-refractivity contribution in [2.75, 3.05) is 4.72 Å². The molecular weight excluding hydrogens is 455 g/mol. The number of benzene rings is 4. The molecule has 170 valence electrons. The van der Waals surface area contributed by atoms with E-state index in [0.717, 1.165) is 23.0 Å². The van der Waals surface area contributed by atoms with Gasteiger partial charge in [0.1, 0.15) is 28.8 Å². The van der Waals surface area contributed by atoms with E-state index in [9.17, 15) is 17.9 Å². The number of azo groups is 1. The maximum atomic E-state index is 13.3. The summed E-state index contributed by atoms with van der Waals surface area (Å²) in [6.07, 6.45) is 0. The molecule has 5 aromatic rings. The van der Waals surface area contributed by atoms with Crippen molar-refractivity contribution in [3.05, 3.63) is 90.7 Å². The van der Waals surface area contributed by atoms with E-state index in [1.54, 1.807) is 17.7 Å². The van der Waals surface area contributed by atoms with Crippen LogP contribution >= 0.6 is 0 Å². The zero-order valence-electron chi connectivity index (χ0n) is 18.0. The van der Waals surface area contributed by atoms with Crippen molar-refractivity contribution in [2.24, 2.45) is 17.3 Å². The molecule has 4 aromatic carbocycles. The van der Waals surface area contributed by atoms with Gasteiger partial charge in [-0.05, 0) is 41.8 Å². The third kappa shape index (κ3) is 3.75. The summed E-state index contributed by atoms with van der Waals surface area (Å²) < 4.78 is 43.6. The predicted molar refractivity (Wildman–Crippen MR) is 130 cm³/mol. The number of sulfonamides is 1. The van der Waals surface area contributed by atoms with Crippen molar-refractivity contribution >= 4 is 48.9 Å². The fourth-order valence-electron chi connectivity index (χ4n) is 3.84. The zero-order valence-corrected chi connectivity index (χ0v) is 18.8. The fraction of sp³-hybridized carbons (Fsp3) is 0.0400. The molecule has 1 heterocycles. The lowest BCUT2D eigenvalue weighted by Gasteiger charge is -2.10. The van der Waals surface area contributed by atoms with Crippen LogP contribution in [-0.2, 0) is 17.1 Å². The van der Waals surface area contributed by atoms with E-state index in [-0.39, 0.29) is 27.8 Å². The Morgan fingerprint density at radius 1 is 0.824 bits per heavy atom. The summed E-state index contributed by atoms with van der Waals surface area (Å²) in [5.41, 5.74) is 1.30. The molecule has 9 heteroatoms. The minimum absolute atomic E-state index is 0.0453. The highest BCUT2D eigenvalue weighted by molar-refractivity contribution is 7.92. The number of halogens is 1.